The van der Waals surface area contributed by atoms with E-state index < -0.39 is 41.3 Å². The third-order valence-electron chi connectivity index (χ3n) is 6.87. The van der Waals surface area contributed by atoms with Crippen molar-refractivity contribution in [2.24, 2.45) is 10.9 Å². The molecule has 11 heteroatoms. The third-order valence-corrected chi connectivity index (χ3v) is 9.08. The summed E-state index contributed by atoms with van der Waals surface area (Å²) in [4.78, 5) is 34.7. The summed E-state index contributed by atoms with van der Waals surface area (Å²) in [7, 11) is 0. The van der Waals surface area contributed by atoms with Crippen LogP contribution >= 0.6 is 22.7 Å². The molecule has 3 heterocycles. The number of hydrogen-bond acceptors (Lipinski definition) is 7. The lowest BCUT2D eigenvalue weighted by Crippen LogP contribution is -2.40. The summed E-state index contributed by atoms with van der Waals surface area (Å²) in [6, 6.07) is 3.37. The van der Waals surface area contributed by atoms with Crippen molar-refractivity contribution in [2.75, 3.05) is 6.54 Å². The largest absolute Gasteiger partial charge is 0.444 e. The highest BCUT2D eigenvalue weighted by molar-refractivity contribution is 7.10. The van der Waals surface area contributed by atoms with Gasteiger partial charge in [0.2, 0.25) is 0 Å². The van der Waals surface area contributed by atoms with E-state index in [1.54, 1.807) is 37.0 Å². The fourth-order valence-electron chi connectivity index (χ4n) is 4.82. The molecule has 1 N–H and O–H groups in total. The Morgan fingerprint density at radius 2 is 1.88 bits per heavy atom. The Morgan fingerprint density at radius 1 is 1.21 bits per heavy atom. The molecule has 1 aliphatic heterocycles. The summed E-state index contributed by atoms with van der Waals surface area (Å²) in [5.74, 6) is -3.49. The zero-order valence-corrected chi connectivity index (χ0v) is 27.1. The highest BCUT2D eigenvalue weighted by Crippen LogP contribution is 2.51. The summed E-state index contributed by atoms with van der Waals surface area (Å²) >= 11 is 3.04. The number of carbonyl (C=O) groups is 2. The number of thiophene rings is 2. The Labute approximate surface area is 254 Å². The molecule has 7 nitrogen and oxygen atoms in total. The molecule has 42 heavy (non-hydrogen) atoms. The zero-order valence-electron chi connectivity index (χ0n) is 25.4. The van der Waals surface area contributed by atoms with Gasteiger partial charge >= 0.3 is 12.2 Å². The topological polar surface area (TPSA) is 80.2 Å². The molecule has 1 fully saturated rings. The molecular weight excluding hydrogens is 580 g/mol. The minimum atomic E-state index is -2.71. The molecule has 2 amide bonds. The lowest BCUT2D eigenvalue weighted by Gasteiger charge is -2.29. The molecule has 4 rings (SSSR count). The van der Waals surface area contributed by atoms with Gasteiger partial charge in [0, 0.05) is 46.7 Å². The van der Waals surface area contributed by atoms with Crippen molar-refractivity contribution in [1.82, 2.24) is 10.2 Å². The molecule has 2 aliphatic rings. The van der Waals surface area contributed by atoms with E-state index in [0.717, 1.165) is 36.5 Å². The second kappa shape index (κ2) is 12.1. The second-order valence-electron chi connectivity index (χ2n) is 13.1. The highest BCUT2D eigenvalue weighted by Gasteiger charge is 2.57. The number of alkyl halides is 2. The van der Waals surface area contributed by atoms with Crippen molar-refractivity contribution in [2.45, 2.75) is 104 Å². The van der Waals surface area contributed by atoms with Crippen LogP contribution in [0.5, 0.6) is 0 Å². The van der Waals surface area contributed by atoms with Crippen molar-refractivity contribution in [3.05, 3.63) is 54.9 Å². The van der Waals surface area contributed by atoms with Gasteiger partial charge in [-0.2, -0.15) is 0 Å². The SMILES string of the molecule is C=C1CN=c2c(C)c(CC(CC3CC3(F)F)NC(=O)OC(C)(C)C)sc2=C(N(Cc2cccs2)C(=O)OC(C)(C)C)C1. The van der Waals surface area contributed by atoms with Gasteiger partial charge in [0.05, 0.1) is 23.0 Å². The molecule has 0 radical (unpaired) electrons. The summed E-state index contributed by atoms with van der Waals surface area (Å²) in [6.45, 7) is 17.7. The number of rotatable bonds is 8. The van der Waals surface area contributed by atoms with Gasteiger partial charge in [-0.05, 0) is 71.9 Å². The van der Waals surface area contributed by atoms with Gasteiger partial charge in [0.25, 0.3) is 5.92 Å². The van der Waals surface area contributed by atoms with Gasteiger partial charge in [-0.25, -0.2) is 18.4 Å². The summed E-state index contributed by atoms with van der Waals surface area (Å²) in [5, 5.41) is 5.57. The van der Waals surface area contributed by atoms with Crippen LogP contribution < -0.4 is 15.2 Å². The van der Waals surface area contributed by atoms with E-state index >= 15 is 0 Å². The smallest absolute Gasteiger partial charge is 0.414 e. The molecule has 230 valence electrons. The van der Waals surface area contributed by atoms with E-state index in [1.807, 2.05) is 45.2 Å². The third kappa shape index (κ3) is 8.40. The standard InChI is InChI=1S/C31H41F2N3O4S2/c1-18-12-23(36(17-22-10-9-11-41-22)28(38)40-30(6,7)8)26-25(34-16-18)19(2)24(42-26)14-21(13-20-15-31(20,32)33)35-27(37)39-29(3,4)5/h9-11,20-21H,1,12-17H2,2-8H3,(H,35,37). The van der Waals surface area contributed by atoms with Crippen LogP contribution in [0, 0.1) is 12.8 Å². The van der Waals surface area contributed by atoms with Crippen molar-refractivity contribution < 1.29 is 27.8 Å². The molecule has 2 atom stereocenters. The number of nitrogens with zero attached hydrogens (tertiary/aromatic N) is 2. The Morgan fingerprint density at radius 3 is 2.45 bits per heavy atom. The second-order valence-corrected chi connectivity index (χ2v) is 15.2. The van der Waals surface area contributed by atoms with Crippen LogP contribution in [0.1, 0.15) is 76.1 Å². The summed E-state index contributed by atoms with van der Waals surface area (Å²) in [6.07, 6.45) is -0.346. The number of hydrogen-bond donors (Lipinski definition) is 1. The normalized spacial score (nSPS) is 18.8. The Hall–Kier alpha value is -2.79. The number of fused-ring (bicyclic) bond motifs is 1. The number of halogens is 2. The van der Waals surface area contributed by atoms with E-state index in [2.05, 4.69) is 11.9 Å². The van der Waals surface area contributed by atoms with Crippen LogP contribution in [0.2, 0.25) is 0 Å². The average Bonchev–Trinajstić information content (AvgIpc) is 3.14. The van der Waals surface area contributed by atoms with E-state index in [0.29, 0.717) is 25.9 Å². The first-order valence-corrected chi connectivity index (χ1v) is 15.8. The van der Waals surface area contributed by atoms with Crippen LogP contribution in [0.25, 0.3) is 5.70 Å². The number of ether oxygens (including phenoxy) is 2. The first-order chi connectivity index (χ1) is 19.4. The van der Waals surface area contributed by atoms with Crippen molar-refractivity contribution in [1.29, 1.82) is 0 Å². The molecule has 0 saturated heterocycles. The lowest BCUT2D eigenvalue weighted by atomic mass is 10.0. The molecule has 2 aromatic rings. The van der Waals surface area contributed by atoms with E-state index in [4.69, 9.17) is 14.5 Å². The van der Waals surface area contributed by atoms with Gasteiger partial charge in [-0.15, -0.1) is 22.7 Å². The predicted octanol–water partition coefficient (Wildman–Crippen LogP) is 6.72. The molecule has 0 bridgehead atoms. The van der Waals surface area contributed by atoms with Gasteiger partial charge in [-0.1, -0.05) is 18.2 Å². The van der Waals surface area contributed by atoms with Crippen LogP contribution in [-0.2, 0) is 22.4 Å². The minimum Gasteiger partial charge on any atom is -0.444 e. The Bertz CT molecular complexity index is 1450. The van der Waals surface area contributed by atoms with Gasteiger partial charge in [-0.3, -0.25) is 9.89 Å². The highest BCUT2D eigenvalue weighted by atomic mass is 32.1. The monoisotopic (exact) mass is 621 g/mol. The number of amides is 2. The van der Waals surface area contributed by atoms with E-state index in [9.17, 15) is 18.4 Å². The van der Waals surface area contributed by atoms with Crippen LogP contribution in [0.15, 0.2) is 34.7 Å². The van der Waals surface area contributed by atoms with Crippen LogP contribution in [-0.4, -0.2) is 46.8 Å². The molecule has 1 saturated carbocycles. The lowest BCUT2D eigenvalue weighted by molar-refractivity contribution is 0.0337. The Kier molecular flexibility index (Phi) is 9.23. The zero-order chi connectivity index (χ0) is 31.0. The van der Waals surface area contributed by atoms with Gasteiger partial charge in [0.15, 0.2) is 0 Å². The summed E-state index contributed by atoms with van der Waals surface area (Å²) < 4.78 is 39.9. The maximum Gasteiger partial charge on any atom is 0.414 e. The number of nitrogens with one attached hydrogen (secondary N) is 1. The first-order valence-electron chi connectivity index (χ1n) is 14.1. The van der Waals surface area contributed by atoms with Crippen LogP contribution in [0.3, 0.4) is 0 Å². The van der Waals surface area contributed by atoms with E-state index in [-0.39, 0.29) is 12.8 Å². The first kappa shape index (κ1) is 32.1. The molecular formula is C31H41F2N3O4S2. The van der Waals surface area contributed by atoms with Crippen LogP contribution in [0.4, 0.5) is 18.4 Å². The predicted molar refractivity (Wildman–Crippen MR) is 162 cm³/mol. The van der Waals surface area contributed by atoms with Gasteiger partial charge in [0.1, 0.15) is 11.2 Å². The molecule has 2 aromatic heterocycles. The molecule has 1 aliphatic carbocycles. The van der Waals surface area contributed by atoms with Crippen molar-refractivity contribution in [3.63, 3.8) is 0 Å². The molecule has 0 spiro atoms. The molecule has 2 unspecified atom stereocenters. The maximum atomic E-state index is 13.9. The summed E-state index contributed by atoms with van der Waals surface area (Å²) in [5.41, 5.74) is 1.12. The quantitative estimate of drug-likeness (QED) is 0.332. The van der Waals surface area contributed by atoms with Crippen molar-refractivity contribution >= 4 is 40.6 Å². The fourth-order valence-corrected chi connectivity index (χ4v) is 6.91. The maximum absolute atomic E-state index is 13.9. The van der Waals surface area contributed by atoms with Gasteiger partial charge < -0.3 is 14.8 Å². The number of carbonyl (C=O) groups excluding carboxylic acids is 2. The fraction of sp³-hybridized carbons (Fsp3) is 0.581. The molecule has 0 aromatic carbocycles. The number of alkyl carbamates (subject to hydrolysis) is 1. The Balaban J connectivity index is 1.75. The average molecular weight is 622 g/mol. The minimum absolute atomic E-state index is 0.140. The van der Waals surface area contributed by atoms with E-state index in [1.165, 1.54) is 11.3 Å². The van der Waals surface area contributed by atoms with Crippen molar-refractivity contribution in [3.8, 4) is 0 Å².